The lowest BCUT2D eigenvalue weighted by Gasteiger charge is -2.36. The summed E-state index contributed by atoms with van der Waals surface area (Å²) < 4.78 is 16.4. The third kappa shape index (κ3) is 3.08. The fourth-order valence-electron chi connectivity index (χ4n) is 4.26. The van der Waals surface area contributed by atoms with Gasteiger partial charge in [0.15, 0.2) is 17.3 Å². The van der Waals surface area contributed by atoms with Gasteiger partial charge in [0.05, 0.1) is 11.1 Å². The van der Waals surface area contributed by atoms with Gasteiger partial charge in [-0.15, -0.1) is 0 Å². The molecule has 3 aromatic rings. The summed E-state index contributed by atoms with van der Waals surface area (Å²) in [4.78, 5) is 26.0. The minimum Gasteiger partial charge on any atom is -0.454 e. The van der Waals surface area contributed by atoms with Crippen molar-refractivity contribution in [3.05, 3.63) is 48.4 Å². The van der Waals surface area contributed by atoms with E-state index in [4.69, 9.17) is 14.0 Å². The second-order valence-electron chi connectivity index (χ2n) is 8.05. The molecule has 1 aliphatic carbocycles. The average molecular weight is 419 g/mol. The van der Waals surface area contributed by atoms with Crippen LogP contribution in [0.25, 0.3) is 11.3 Å². The molecule has 2 fully saturated rings. The van der Waals surface area contributed by atoms with E-state index < -0.39 is 5.41 Å². The Hall–Kier alpha value is -3.62. The SMILES string of the molecule is O=C(N1CCN(c2ncccn2)CC1)C1(c2cc(-c3ccc4c(c3)OCO4)on2)CC1. The molecule has 1 saturated carbocycles. The van der Waals surface area contributed by atoms with E-state index in [1.54, 1.807) is 18.5 Å². The van der Waals surface area contributed by atoms with Crippen LogP contribution in [0.15, 0.2) is 47.2 Å². The number of hydrogen-bond donors (Lipinski definition) is 0. The van der Waals surface area contributed by atoms with Crippen molar-refractivity contribution in [1.82, 2.24) is 20.0 Å². The van der Waals surface area contributed by atoms with Crippen LogP contribution in [0.3, 0.4) is 0 Å². The molecule has 6 rings (SSSR count). The molecule has 1 saturated heterocycles. The third-order valence-electron chi connectivity index (χ3n) is 6.22. The second kappa shape index (κ2) is 6.97. The smallest absolute Gasteiger partial charge is 0.235 e. The highest BCUT2D eigenvalue weighted by Crippen LogP contribution is 2.50. The highest BCUT2D eigenvalue weighted by Gasteiger charge is 2.55. The molecule has 9 nitrogen and oxygen atoms in total. The first kappa shape index (κ1) is 18.2. The minimum atomic E-state index is -0.566. The fraction of sp³-hybridized carbons (Fsp3) is 0.364. The Morgan fingerprint density at radius 2 is 1.74 bits per heavy atom. The predicted octanol–water partition coefficient (Wildman–Crippen LogP) is 2.24. The van der Waals surface area contributed by atoms with E-state index in [0.29, 0.717) is 49.3 Å². The van der Waals surface area contributed by atoms with Crippen molar-refractivity contribution in [3.8, 4) is 22.8 Å². The molecular weight excluding hydrogens is 398 g/mol. The zero-order chi connectivity index (χ0) is 20.8. The number of ether oxygens (including phenoxy) is 2. The van der Waals surface area contributed by atoms with Crippen molar-refractivity contribution in [2.75, 3.05) is 37.9 Å². The normalized spacial score (nSPS) is 18.8. The van der Waals surface area contributed by atoms with Crippen LogP contribution in [0.4, 0.5) is 5.95 Å². The molecule has 0 N–H and O–H groups in total. The number of carbonyl (C=O) groups is 1. The predicted molar refractivity (Wildman–Crippen MR) is 110 cm³/mol. The van der Waals surface area contributed by atoms with Crippen molar-refractivity contribution in [2.45, 2.75) is 18.3 Å². The summed E-state index contributed by atoms with van der Waals surface area (Å²) in [7, 11) is 0. The van der Waals surface area contributed by atoms with Crippen LogP contribution in [0.5, 0.6) is 11.5 Å². The molecule has 4 heterocycles. The standard InChI is InChI=1S/C22H21N5O4/c28-20(26-8-10-27(11-9-26)21-23-6-1-7-24-21)22(4-5-22)19-13-17(31-25-19)15-2-3-16-18(12-15)30-14-29-16/h1-3,6-7,12-13H,4-5,8-11,14H2. The van der Waals surface area contributed by atoms with Crippen LogP contribution in [-0.4, -0.2) is 58.9 Å². The molecule has 0 atom stereocenters. The van der Waals surface area contributed by atoms with E-state index in [9.17, 15) is 4.79 Å². The number of benzene rings is 1. The highest BCUT2D eigenvalue weighted by molar-refractivity contribution is 5.91. The monoisotopic (exact) mass is 419 g/mol. The van der Waals surface area contributed by atoms with Crippen LogP contribution >= 0.6 is 0 Å². The minimum absolute atomic E-state index is 0.131. The Kier molecular flexibility index (Phi) is 4.09. The van der Waals surface area contributed by atoms with Crippen molar-refractivity contribution in [1.29, 1.82) is 0 Å². The number of anilines is 1. The summed E-state index contributed by atoms with van der Waals surface area (Å²) in [6.07, 6.45) is 5.06. The van der Waals surface area contributed by atoms with E-state index in [-0.39, 0.29) is 12.7 Å². The van der Waals surface area contributed by atoms with Crippen molar-refractivity contribution in [3.63, 3.8) is 0 Å². The third-order valence-corrected chi connectivity index (χ3v) is 6.22. The molecule has 1 aromatic carbocycles. The lowest BCUT2D eigenvalue weighted by Crippen LogP contribution is -2.52. The molecule has 0 unspecified atom stereocenters. The van der Waals surface area contributed by atoms with Gasteiger partial charge in [0.2, 0.25) is 18.6 Å². The van der Waals surface area contributed by atoms with E-state index in [1.807, 2.05) is 29.2 Å². The summed E-state index contributed by atoms with van der Waals surface area (Å²) >= 11 is 0. The van der Waals surface area contributed by atoms with Gasteiger partial charge in [0.25, 0.3) is 0 Å². The molecule has 1 amide bonds. The number of piperazine rings is 1. The molecule has 9 heteroatoms. The Bertz CT molecular complexity index is 1120. The van der Waals surface area contributed by atoms with E-state index in [1.165, 1.54) is 0 Å². The van der Waals surface area contributed by atoms with Gasteiger partial charge in [0, 0.05) is 50.2 Å². The maximum atomic E-state index is 13.4. The van der Waals surface area contributed by atoms with Gasteiger partial charge in [-0.2, -0.15) is 0 Å². The number of carbonyl (C=O) groups excluding carboxylic acids is 1. The number of fused-ring (bicyclic) bond motifs is 1. The van der Waals surface area contributed by atoms with Crippen LogP contribution in [-0.2, 0) is 10.2 Å². The summed E-state index contributed by atoms with van der Waals surface area (Å²) in [5, 5.41) is 4.27. The van der Waals surface area contributed by atoms with Crippen molar-refractivity contribution < 1.29 is 18.8 Å². The number of hydrogen-bond acceptors (Lipinski definition) is 8. The van der Waals surface area contributed by atoms with Crippen LogP contribution in [0, 0.1) is 0 Å². The lowest BCUT2D eigenvalue weighted by molar-refractivity contribution is -0.134. The Morgan fingerprint density at radius 1 is 0.968 bits per heavy atom. The van der Waals surface area contributed by atoms with E-state index >= 15 is 0 Å². The molecule has 31 heavy (non-hydrogen) atoms. The molecule has 0 radical (unpaired) electrons. The van der Waals surface area contributed by atoms with Gasteiger partial charge in [0.1, 0.15) is 0 Å². The zero-order valence-electron chi connectivity index (χ0n) is 16.9. The molecule has 0 spiro atoms. The maximum Gasteiger partial charge on any atom is 0.235 e. The number of aromatic nitrogens is 3. The number of amides is 1. The molecule has 2 aromatic heterocycles. The molecule has 0 bridgehead atoms. The summed E-state index contributed by atoms with van der Waals surface area (Å²) in [5.74, 6) is 2.87. The largest absolute Gasteiger partial charge is 0.454 e. The molecule has 158 valence electrons. The Balaban J connectivity index is 1.17. The Labute approximate surface area is 178 Å². The second-order valence-corrected chi connectivity index (χ2v) is 8.05. The highest BCUT2D eigenvalue weighted by atomic mass is 16.7. The maximum absolute atomic E-state index is 13.4. The topological polar surface area (TPSA) is 93.8 Å². The zero-order valence-corrected chi connectivity index (χ0v) is 16.9. The number of rotatable bonds is 4. The summed E-state index contributed by atoms with van der Waals surface area (Å²) in [6, 6.07) is 9.32. The van der Waals surface area contributed by atoms with Crippen LogP contribution < -0.4 is 14.4 Å². The average Bonchev–Trinajstić information content (AvgIpc) is 3.25. The fourth-order valence-corrected chi connectivity index (χ4v) is 4.26. The summed E-state index contributed by atoms with van der Waals surface area (Å²) in [5.41, 5.74) is 0.991. The van der Waals surface area contributed by atoms with Crippen LogP contribution in [0.1, 0.15) is 18.5 Å². The molecule has 2 aliphatic heterocycles. The van der Waals surface area contributed by atoms with Gasteiger partial charge in [-0.3, -0.25) is 4.79 Å². The first-order valence-electron chi connectivity index (χ1n) is 10.4. The van der Waals surface area contributed by atoms with Crippen molar-refractivity contribution in [2.24, 2.45) is 0 Å². The van der Waals surface area contributed by atoms with Crippen LogP contribution in [0.2, 0.25) is 0 Å². The van der Waals surface area contributed by atoms with E-state index in [2.05, 4.69) is 20.0 Å². The Morgan fingerprint density at radius 3 is 2.52 bits per heavy atom. The van der Waals surface area contributed by atoms with Crippen molar-refractivity contribution >= 4 is 11.9 Å². The van der Waals surface area contributed by atoms with Gasteiger partial charge in [-0.25, -0.2) is 9.97 Å². The summed E-state index contributed by atoms with van der Waals surface area (Å²) in [6.45, 7) is 2.94. The van der Waals surface area contributed by atoms with E-state index in [0.717, 1.165) is 24.2 Å². The quantitative estimate of drug-likeness (QED) is 0.636. The van der Waals surface area contributed by atoms with Gasteiger partial charge in [-0.05, 0) is 37.1 Å². The van der Waals surface area contributed by atoms with Gasteiger partial charge in [-0.1, -0.05) is 5.16 Å². The van der Waals surface area contributed by atoms with Gasteiger partial charge >= 0.3 is 0 Å². The molecule has 3 aliphatic rings. The lowest BCUT2D eigenvalue weighted by atomic mass is 9.99. The van der Waals surface area contributed by atoms with Gasteiger partial charge < -0.3 is 23.8 Å². The molecular formula is C22H21N5O4. The number of nitrogens with zero attached hydrogens (tertiary/aromatic N) is 5. The first-order valence-corrected chi connectivity index (χ1v) is 10.4. The first-order chi connectivity index (χ1) is 15.2.